The minimum atomic E-state index is -0.769. The van der Waals surface area contributed by atoms with Crippen LogP contribution in [0, 0.1) is 6.92 Å². The Bertz CT molecular complexity index is 1640. The number of para-hydroxylation sites is 2. The summed E-state index contributed by atoms with van der Waals surface area (Å²) in [7, 11) is 0. The van der Waals surface area contributed by atoms with Crippen LogP contribution < -0.4 is 19.9 Å². The molecule has 0 atom stereocenters. The first kappa shape index (κ1) is 29.0. The fourth-order valence-corrected chi connectivity index (χ4v) is 5.81. The number of nitrogens with one attached hydrogen (secondary N) is 1. The SMILES string of the molecule is Cc1cccc(NC(=O)COc2c(Br)cc(C=C3C(=O)N(c4ccccc4)C(=O)N(c4ccccc4)C3=O)cc2Br)c1. The predicted molar refractivity (Wildman–Crippen MR) is 168 cm³/mol. The second-order valence-electron chi connectivity index (χ2n) is 9.31. The zero-order valence-corrected chi connectivity index (χ0v) is 25.4. The standard InChI is InChI=1S/C32H23Br2N3O5/c1-20-9-8-10-22(15-20)35-28(38)19-42-29-26(33)17-21(18-27(29)34)16-25-30(39)36(23-11-4-2-5-12-23)32(41)37(31(25)40)24-13-6-3-7-14-24/h2-18H,19H2,1H3,(H,35,38). The van der Waals surface area contributed by atoms with Crippen LogP contribution in [0.25, 0.3) is 6.08 Å². The van der Waals surface area contributed by atoms with Crippen molar-refractivity contribution in [2.75, 3.05) is 21.7 Å². The zero-order chi connectivity index (χ0) is 29.8. The van der Waals surface area contributed by atoms with Gasteiger partial charge in [-0.15, -0.1) is 0 Å². The van der Waals surface area contributed by atoms with Gasteiger partial charge in [0.05, 0.1) is 20.3 Å². The van der Waals surface area contributed by atoms with E-state index in [0.717, 1.165) is 15.4 Å². The fourth-order valence-electron chi connectivity index (χ4n) is 4.36. The maximum absolute atomic E-state index is 13.6. The monoisotopic (exact) mass is 687 g/mol. The van der Waals surface area contributed by atoms with Crippen molar-refractivity contribution in [1.29, 1.82) is 0 Å². The van der Waals surface area contributed by atoms with Crippen molar-refractivity contribution in [2.24, 2.45) is 0 Å². The third kappa shape index (κ3) is 6.19. The number of urea groups is 1. The molecule has 0 radical (unpaired) electrons. The van der Waals surface area contributed by atoms with Gasteiger partial charge >= 0.3 is 6.03 Å². The first-order valence-corrected chi connectivity index (χ1v) is 14.3. The van der Waals surface area contributed by atoms with Crippen LogP contribution in [0.5, 0.6) is 5.75 Å². The fraction of sp³-hybridized carbons (Fsp3) is 0.0625. The van der Waals surface area contributed by atoms with Gasteiger partial charge in [0.15, 0.2) is 6.61 Å². The molecule has 5 rings (SSSR count). The van der Waals surface area contributed by atoms with Gasteiger partial charge in [-0.3, -0.25) is 14.4 Å². The highest BCUT2D eigenvalue weighted by atomic mass is 79.9. The number of aryl methyl sites for hydroxylation is 1. The van der Waals surface area contributed by atoms with E-state index < -0.39 is 17.8 Å². The van der Waals surface area contributed by atoms with E-state index in [-0.39, 0.29) is 18.1 Å². The lowest BCUT2D eigenvalue weighted by atomic mass is 10.0. The van der Waals surface area contributed by atoms with E-state index in [1.807, 2.05) is 25.1 Å². The predicted octanol–water partition coefficient (Wildman–Crippen LogP) is 7.12. The van der Waals surface area contributed by atoms with Gasteiger partial charge in [-0.25, -0.2) is 14.6 Å². The van der Waals surface area contributed by atoms with Crippen molar-refractivity contribution in [2.45, 2.75) is 6.92 Å². The molecule has 1 aliphatic rings. The molecule has 0 spiro atoms. The van der Waals surface area contributed by atoms with Crippen molar-refractivity contribution < 1.29 is 23.9 Å². The van der Waals surface area contributed by atoms with Crippen molar-refractivity contribution in [1.82, 2.24) is 0 Å². The lowest BCUT2D eigenvalue weighted by Crippen LogP contribution is -2.57. The van der Waals surface area contributed by atoms with E-state index in [2.05, 4.69) is 37.2 Å². The molecule has 0 aromatic heterocycles. The Morgan fingerprint density at radius 3 is 1.86 bits per heavy atom. The Hall–Kier alpha value is -4.54. The molecule has 0 saturated carbocycles. The first-order valence-electron chi connectivity index (χ1n) is 12.8. The number of carbonyl (C=O) groups is 4. The molecule has 8 nitrogen and oxygen atoms in total. The molecule has 210 valence electrons. The summed E-state index contributed by atoms with van der Waals surface area (Å²) in [4.78, 5) is 55.1. The second kappa shape index (κ2) is 12.5. The third-order valence-corrected chi connectivity index (χ3v) is 7.44. The van der Waals surface area contributed by atoms with Crippen LogP contribution >= 0.6 is 31.9 Å². The zero-order valence-electron chi connectivity index (χ0n) is 22.2. The average molecular weight is 689 g/mol. The van der Waals surface area contributed by atoms with Crippen LogP contribution in [-0.4, -0.2) is 30.4 Å². The van der Waals surface area contributed by atoms with Crippen LogP contribution in [0.1, 0.15) is 11.1 Å². The number of halogens is 2. The van der Waals surface area contributed by atoms with E-state index in [0.29, 0.717) is 37.3 Å². The molecule has 4 aromatic rings. The van der Waals surface area contributed by atoms with Crippen LogP contribution in [0.2, 0.25) is 0 Å². The molecule has 0 unspecified atom stereocenters. The van der Waals surface area contributed by atoms with Crippen molar-refractivity contribution in [3.8, 4) is 5.75 Å². The average Bonchev–Trinajstić information content (AvgIpc) is 2.96. The summed E-state index contributed by atoms with van der Waals surface area (Å²) >= 11 is 6.93. The molecule has 1 saturated heterocycles. The molecule has 1 N–H and O–H groups in total. The van der Waals surface area contributed by atoms with Gasteiger partial charge in [-0.2, -0.15) is 0 Å². The summed E-state index contributed by atoms with van der Waals surface area (Å²) in [6.07, 6.45) is 1.42. The minimum absolute atomic E-state index is 0.202. The molecular weight excluding hydrogens is 666 g/mol. The summed E-state index contributed by atoms with van der Waals surface area (Å²) in [5.41, 5.74) is 2.63. The Kier molecular flexibility index (Phi) is 8.65. The number of hydrogen-bond acceptors (Lipinski definition) is 5. The number of amides is 5. The van der Waals surface area contributed by atoms with Crippen molar-refractivity contribution in [3.05, 3.63) is 123 Å². The highest BCUT2D eigenvalue weighted by Gasteiger charge is 2.43. The highest BCUT2D eigenvalue weighted by molar-refractivity contribution is 9.11. The topological polar surface area (TPSA) is 96.0 Å². The number of hydrogen-bond donors (Lipinski definition) is 1. The molecular formula is C32H23Br2N3O5. The summed E-state index contributed by atoms with van der Waals surface area (Å²) in [6, 6.07) is 26.8. The molecule has 42 heavy (non-hydrogen) atoms. The lowest BCUT2D eigenvalue weighted by molar-refractivity contribution is -0.121. The number of anilines is 3. The number of barbiturate groups is 1. The number of carbonyl (C=O) groups excluding carboxylic acids is 4. The van der Waals surface area contributed by atoms with Gasteiger partial charge in [0.1, 0.15) is 11.3 Å². The third-order valence-electron chi connectivity index (χ3n) is 6.26. The molecule has 1 heterocycles. The maximum Gasteiger partial charge on any atom is 0.343 e. The van der Waals surface area contributed by atoms with E-state index in [4.69, 9.17) is 4.74 Å². The maximum atomic E-state index is 13.6. The second-order valence-corrected chi connectivity index (χ2v) is 11.0. The number of rotatable bonds is 7. The molecule has 10 heteroatoms. The quantitative estimate of drug-likeness (QED) is 0.165. The Morgan fingerprint density at radius 2 is 1.33 bits per heavy atom. The molecule has 5 amide bonds. The summed E-state index contributed by atoms with van der Waals surface area (Å²) in [5.74, 6) is -1.46. The van der Waals surface area contributed by atoms with Crippen molar-refractivity contribution >= 4 is 78.8 Å². The molecule has 1 aliphatic heterocycles. The van der Waals surface area contributed by atoms with Crippen LogP contribution in [-0.2, 0) is 14.4 Å². The Balaban J connectivity index is 1.43. The van der Waals surface area contributed by atoms with E-state index in [9.17, 15) is 19.2 Å². The van der Waals surface area contributed by atoms with E-state index in [1.165, 1.54) is 6.08 Å². The largest absolute Gasteiger partial charge is 0.481 e. The molecule has 4 aromatic carbocycles. The molecule has 1 fully saturated rings. The van der Waals surface area contributed by atoms with Gasteiger partial charge in [-0.05, 0) is 105 Å². The number of imide groups is 2. The summed E-state index contributed by atoms with van der Waals surface area (Å²) in [5, 5.41) is 2.79. The van der Waals surface area contributed by atoms with Gasteiger partial charge < -0.3 is 10.1 Å². The van der Waals surface area contributed by atoms with Gasteiger partial charge in [-0.1, -0.05) is 48.5 Å². The molecule has 0 bridgehead atoms. The number of ether oxygens (including phenoxy) is 1. The van der Waals surface area contributed by atoms with Crippen molar-refractivity contribution in [3.63, 3.8) is 0 Å². The first-order chi connectivity index (χ1) is 20.2. The van der Waals surface area contributed by atoms with Crippen LogP contribution in [0.15, 0.2) is 112 Å². The minimum Gasteiger partial charge on any atom is -0.481 e. The van der Waals surface area contributed by atoms with Gasteiger partial charge in [0, 0.05) is 5.69 Å². The normalized spacial score (nSPS) is 13.3. The summed E-state index contributed by atoms with van der Waals surface area (Å²) < 4.78 is 6.73. The lowest BCUT2D eigenvalue weighted by Gasteiger charge is -2.34. The van der Waals surface area contributed by atoms with Crippen LogP contribution in [0.4, 0.5) is 21.9 Å². The summed E-state index contributed by atoms with van der Waals surface area (Å²) in [6.45, 7) is 1.69. The molecule has 0 aliphatic carbocycles. The highest BCUT2D eigenvalue weighted by Crippen LogP contribution is 2.36. The van der Waals surface area contributed by atoms with E-state index in [1.54, 1.807) is 78.9 Å². The number of benzene rings is 4. The number of nitrogens with zero attached hydrogens (tertiary/aromatic N) is 2. The Labute approximate surface area is 258 Å². The van der Waals surface area contributed by atoms with Gasteiger partial charge in [0.2, 0.25) is 0 Å². The Morgan fingerprint density at radius 1 is 0.786 bits per heavy atom. The smallest absolute Gasteiger partial charge is 0.343 e. The van der Waals surface area contributed by atoms with Crippen LogP contribution in [0.3, 0.4) is 0 Å². The van der Waals surface area contributed by atoms with Gasteiger partial charge in [0.25, 0.3) is 17.7 Å². The van der Waals surface area contributed by atoms with E-state index >= 15 is 0 Å².